The number of rotatable bonds is 6. The SMILES string of the molecule is COc1cccc(NC(=O)[C@H]2CC(=O)N(c3cccc(-c4noc(C5CCC5)n4)c3)C2)c1. The minimum atomic E-state index is -0.437. The van der Waals surface area contributed by atoms with Crippen LogP contribution in [0.25, 0.3) is 11.4 Å². The van der Waals surface area contributed by atoms with Crippen molar-refractivity contribution in [3.63, 3.8) is 0 Å². The zero-order valence-electron chi connectivity index (χ0n) is 17.8. The van der Waals surface area contributed by atoms with Crippen molar-refractivity contribution < 1.29 is 18.8 Å². The van der Waals surface area contributed by atoms with E-state index in [1.54, 1.807) is 30.2 Å². The quantitative estimate of drug-likeness (QED) is 0.632. The summed E-state index contributed by atoms with van der Waals surface area (Å²) >= 11 is 0. The number of nitrogens with zero attached hydrogens (tertiary/aromatic N) is 3. The van der Waals surface area contributed by atoms with Crippen LogP contribution in [0.1, 0.15) is 37.5 Å². The predicted octanol–water partition coefficient (Wildman–Crippen LogP) is 4.00. The van der Waals surface area contributed by atoms with E-state index in [4.69, 9.17) is 9.26 Å². The molecule has 0 spiro atoms. The number of hydrogen-bond donors (Lipinski definition) is 1. The molecule has 0 bridgehead atoms. The van der Waals surface area contributed by atoms with E-state index in [2.05, 4.69) is 15.5 Å². The summed E-state index contributed by atoms with van der Waals surface area (Å²) in [6.45, 7) is 0.317. The lowest BCUT2D eigenvalue weighted by Crippen LogP contribution is -2.28. The van der Waals surface area contributed by atoms with Gasteiger partial charge in [-0.3, -0.25) is 9.59 Å². The highest BCUT2D eigenvalue weighted by atomic mass is 16.5. The van der Waals surface area contributed by atoms with Crippen LogP contribution < -0.4 is 15.0 Å². The lowest BCUT2D eigenvalue weighted by molar-refractivity contribution is -0.122. The number of carbonyl (C=O) groups excluding carboxylic acids is 2. The van der Waals surface area contributed by atoms with Crippen LogP contribution in [-0.2, 0) is 9.59 Å². The molecule has 1 N–H and O–H groups in total. The van der Waals surface area contributed by atoms with Crippen LogP contribution in [0.5, 0.6) is 5.75 Å². The number of hydrogen-bond acceptors (Lipinski definition) is 6. The lowest BCUT2D eigenvalue weighted by Gasteiger charge is -2.20. The van der Waals surface area contributed by atoms with Gasteiger partial charge in [-0.05, 0) is 37.1 Å². The molecule has 1 atom stereocenters. The Kier molecular flexibility index (Phi) is 5.34. The summed E-state index contributed by atoms with van der Waals surface area (Å²) in [5, 5.41) is 7.00. The number of anilines is 2. The van der Waals surface area contributed by atoms with Crippen molar-refractivity contribution in [2.75, 3.05) is 23.9 Å². The first-order valence-electron chi connectivity index (χ1n) is 10.8. The van der Waals surface area contributed by atoms with Gasteiger partial charge in [0.2, 0.25) is 23.5 Å². The van der Waals surface area contributed by atoms with Gasteiger partial charge in [0.1, 0.15) is 5.75 Å². The summed E-state index contributed by atoms with van der Waals surface area (Å²) in [4.78, 5) is 31.7. The fourth-order valence-electron chi connectivity index (χ4n) is 4.06. The second-order valence-corrected chi connectivity index (χ2v) is 8.26. The van der Waals surface area contributed by atoms with Crippen LogP contribution in [0.3, 0.4) is 0 Å². The molecular weight excluding hydrogens is 408 g/mol. The molecule has 1 saturated heterocycles. The van der Waals surface area contributed by atoms with Crippen molar-refractivity contribution in [2.45, 2.75) is 31.6 Å². The number of carbonyl (C=O) groups is 2. The van der Waals surface area contributed by atoms with E-state index in [1.807, 2.05) is 30.3 Å². The van der Waals surface area contributed by atoms with Crippen LogP contribution in [-0.4, -0.2) is 35.6 Å². The highest BCUT2D eigenvalue weighted by molar-refractivity contribution is 6.03. The van der Waals surface area contributed by atoms with Crippen molar-refractivity contribution in [3.8, 4) is 17.1 Å². The van der Waals surface area contributed by atoms with Crippen LogP contribution in [0.4, 0.5) is 11.4 Å². The number of benzene rings is 2. The van der Waals surface area contributed by atoms with Crippen molar-refractivity contribution >= 4 is 23.2 Å². The molecule has 0 radical (unpaired) electrons. The molecular formula is C24H24N4O4. The Balaban J connectivity index is 1.29. The van der Waals surface area contributed by atoms with Gasteiger partial charge in [-0.1, -0.05) is 29.8 Å². The van der Waals surface area contributed by atoms with Crippen LogP contribution >= 0.6 is 0 Å². The monoisotopic (exact) mass is 432 g/mol. The number of aromatic nitrogens is 2. The third-order valence-corrected chi connectivity index (χ3v) is 6.15. The molecule has 1 aliphatic heterocycles. The van der Waals surface area contributed by atoms with Crippen molar-refractivity contribution in [3.05, 3.63) is 54.4 Å². The fraction of sp³-hybridized carbons (Fsp3) is 0.333. The minimum absolute atomic E-state index is 0.0868. The first-order valence-corrected chi connectivity index (χ1v) is 10.8. The van der Waals surface area contributed by atoms with Gasteiger partial charge in [-0.2, -0.15) is 4.98 Å². The number of methoxy groups -OCH3 is 1. The largest absolute Gasteiger partial charge is 0.497 e. The molecule has 8 nitrogen and oxygen atoms in total. The summed E-state index contributed by atoms with van der Waals surface area (Å²) in [5.41, 5.74) is 2.15. The molecule has 3 aromatic rings. The molecule has 2 amide bonds. The van der Waals surface area contributed by atoms with E-state index >= 15 is 0 Å². The van der Waals surface area contributed by atoms with Crippen molar-refractivity contribution in [1.82, 2.24) is 10.1 Å². The van der Waals surface area contributed by atoms with Crippen LogP contribution in [0.2, 0.25) is 0 Å². The zero-order chi connectivity index (χ0) is 22.1. The van der Waals surface area contributed by atoms with Gasteiger partial charge in [-0.15, -0.1) is 0 Å². The molecule has 2 aromatic carbocycles. The first kappa shape index (κ1) is 20.2. The van der Waals surface area contributed by atoms with Gasteiger partial charge in [0.25, 0.3) is 0 Å². The molecule has 1 aliphatic carbocycles. The van der Waals surface area contributed by atoms with Crippen molar-refractivity contribution in [1.29, 1.82) is 0 Å². The third-order valence-electron chi connectivity index (χ3n) is 6.15. The second kappa shape index (κ2) is 8.45. The highest BCUT2D eigenvalue weighted by Gasteiger charge is 2.35. The summed E-state index contributed by atoms with van der Waals surface area (Å²) in [7, 11) is 1.57. The van der Waals surface area contributed by atoms with Crippen LogP contribution in [0.15, 0.2) is 53.1 Å². The van der Waals surface area contributed by atoms with E-state index in [1.165, 1.54) is 6.42 Å². The molecule has 32 heavy (non-hydrogen) atoms. The first-order chi connectivity index (χ1) is 15.6. The molecule has 2 heterocycles. The van der Waals surface area contributed by atoms with Gasteiger partial charge >= 0.3 is 0 Å². The second-order valence-electron chi connectivity index (χ2n) is 8.26. The Morgan fingerprint density at radius 2 is 2.03 bits per heavy atom. The van der Waals surface area contributed by atoms with Gasteiger partial charge in [0.05, 0.1) is 13.0 Å². The smallest absolute Gasteiger partial charge is 0.230 e. The topological polar surface area (TPSA) is 97.6 Å². The van der Waals surface area contributed by atoms with E-state index < -0.39 is 5.92 Å². The van der Waals surface area contributed by atoms with Gasteiger partial charge in [0, 0.05) is 41.9 Å². The Morgan fingerprint density at radius 1 is 1.19 bits per heavy atom. The van der Waals surface area contributed by atoms with E-state index in [-0.39, 0.29) is 18.2 Å². The van der Waals surface area contributed by atoms with Crippen LogP contribution in [0, 0.1) is 5.92 Å². The number of ether oxygens (including phenoxy) is 1. The molecule has 1 saturated carbocycles. The van der Waals surface area contributed by atoms with Gasteiger partial charge in [0.15, 0.2) is 0 Å². The van der Waals surface area contributed by atoms with Gasteiger partial charge in [-0.25, -0.2) is 0 Å². The molecule has 0 unspecified atom stereocenters. The average molecular weight is 432 g/mol. The molecule has 2 fully saturated rings. The summed E-state index contributed by atoms with van der Waals surface area (Å²) in [6, 6.07) is 14.6. The lowest BCUT2D eigenvalue weighted by atomic mass is 9.85. The number of amides is 2. The highest BCUT2D eigenvalue weighted by Crippen LogP contribution is 2.36. The molecule has 5 rings (SSSR count). The Bertz CT molecular complexity index is 1150. The Morgan fingerprint density at radius 3 is 2.81 bits per heavy atom. The van der Waals surface area contributed by atoms with E-state index in [0.29, 0.717) is 35.6 Å². The average Bonchev–Trinajstić information content (AvgIpc) is 3.40. The van der Waals surface area contributed by atoms with Crippen molar-refractivity contribution in [2.24, 2.45) is 5.92 Å². The predicted molar refractivity (Wildman–Crippen MR) is 118 cm³/mol. The number of nitrogens with one attached hydrogen (secondary N) is 1. The maximum absolute atomic E-state index is 12.8. The Labute approximate surface area is 185 Å². The zero-order valence-corrected chi connectivity index (χ0v) is 17.8. The normalized spacial score (nSPS) is 18.5. The standard InChI is InChI=1S/C24H24N4O4/c1-31-20-10-4-8-18(13-20)25-23(30)17-12-21(29)28(14-17)19-9-3-7-16(11-19)22-26-24(32-27-22)15-5-2-6-15/h3-4,7-11,13,15,17H,2,5-6,12,14H2,1H3,(H,25,30)/t17-/m0/s1. The van der Waals surface area contributed by atoms with E-state index in [9.17, 15) is 9.59 Å². The maximum Gasteiger partial charge on any atom is 0.230 e. The summed E-state index contributed by atoms with van der Waals surface area (Å²) < 4.78 is 10.6. The maximum atomic E-state index is 12.8. The summed E-state index contributed by atoms with van der Waals surface area (Å²) in [6.07, 6.45) is 3.53. The van der Waals surface area contributed by atoms with E-state index in [0.717, 1.165) is 24.1 Å². The molecule has 164 valence electrons. The summed E-state index contributed by atoms with van der Waals surface area (Å²) in [5.74, 6) is 1.52. The van der Waals surface area contributed by atoms with Gasteiger partial charge < -0.3 is 19.5 Å². The fourth-order valence-corrected chi connectivity index (χ4v) is 4.06. The Hall–Kier alpha value is -3.68. The molecule has 1 aromatic heterocycles. The molecule has 2 aliphatic rings. The minimum Gasteiger partial charge on any atom is -0.497 e. The molecule has 8 heteroatoms. The third kappa shape index (κ3) is 3.95.